The van der Waals surface area contributed by atoms with Crippen LogP contribution >= 0.6 is 0 Å². The molecule has 2 heteroatoms. The monoisotopic (exact) mass is 376 g/mol. The van der Waals surface area contributed by atoms with Gasteiger partial charge in [-0.05, 0) is 103 Å². The van der Waals surface area contributed by atoms with Crippen molar-refractivity contribution in [2.24, 2.45) is 23.7 Å². The molecule has 0 atom stereocenters. The molecule has 4 fully saturated rings. The van der Waals surface area contributed by atoms with Gasteiger partial charge in [-0.3, -0.25) is 0 Å². The van der Waals surface area contributed by atoms with Crippen molar-refractivity contribution in [3.05, 3.63) is 58.7 Å². The second-order valence-corrected chi connectivity index (χ2v) is 9.57. The molecule has 4 saturated carbocycles. The Bertz CT molecular complexity index is 814. The zero-order valence-electron chi connectivity index (χ0n) is 17.1. The van der Waals surface area contributed by atoms with Crippen LogP contribution in [0.1, 0.15) is 68.2 Å². The Morgan fingerprint density at radius 2 is 1.14 bits per heavy atom. The Kier molecular flexibility index (Phi) is 4.23. The first kappa shape index (κ1) is 18.1. The highest BCUT2D eigenvalue weighted by Crippen LogP contribution is 2.65. The van der Waals surface area contributed by atoms with Gasteiger partial charge in [0.15, 0.2) is 0 Å². The van der Waals surface area contributed by atoms with Crippen LogP contribution < -0.4 is 0 Å². The standard InChI is InChI=1S/C26H32O2/c1-3-18-14-20(5-7-24(18)27)26(21-6-8-25(28)19(4-2)15-21)22-10-16-9-17(12-22)13-23(26)11-16/h5-8,14-17,22-23,27-28H,3-4,9-13H2,1-2H3. The van der Waals surface area contributed by atoms with Crippen molar-refractivity contribution in [3.8, 4) is 11.5 Å². The molecular weight excluding hydrogens is 344 g/mol. The molecule has 0 aromatic heterocycles. The lowest BCUT2D eigenvalue weighted by Crippen LogP contribution is -2.56. The predicted octanol–water partition coefficient (Wildman–Crippen LogP) is 5.96. The van der Waals surface area contributed by atoms with E-state index >= 15 is 0 Å². The number of benzene rings is 2. The lowest BCUT2D eigenvalue weighted by atomic mass is 9.42. The van der Waals surface area contributed by atoms with Crippen molar-refractivity contribution in [2.45, 2.75) is 64.2 Å². The highest BCUT2D eigenvalue weighted by molar-refractivity contribution is 5.50. The number of aryl methyl sites for hydroxylation is 2. The van der Waals surface area contributed by atoms with E-state index in [9.17, 15) is 10.2 Å². The molecule has 28 heavy (non-hydrogen) atoms. The Morgan fingerprint density at radius 3 is 1.54 bits per heavy atom. The Morgan fingerprint density at radius 1 is 0.714 bits per heavy atom. The zero-order valence-corrected chi connectivity index (χ0v) is 17.1. The van der Waals surface area contributed by atoms with Crippen LogP contribution in [0.5, 0.6) is 11.5 Å². The normalized spacial score (nSPS) is 29.9. The van der Waals surface area contributed by atoms with Crippen LogP contribution in [-0.4, -0.2) is 10.2 Å². The van der Waals surface area contributed by atoms with E-state index in [4.69, 9.17) is 0 Å². The van der Waals surface area contributed by atoms with Gasteiger partial charge in [0.1, 0.15) is 11.5 Å². The van der Waals surface area contributed by atoms with E-state index in [0.29, 0.717) is 23.3 Å². The van der Waals surface area contributed by atoms with Crippen LogP contribution in [0.25, 0.3) is 0 Å². The molecule has 6 rings (SSSR count). The third kappa shape index (κ3) is 2.46. The van der Waals surface area contributed by atoms with Gasteiger partial charge in [-0.25, -0.2) is 0 Å². The maximum Gasteiger partial charge on any atom is 0.118 e. The average molecular weight is 377 g/mol. The summed E-state index contributed by atoms with van der Waals surface area (Å²) in [5, 5.41) is 20.7. The first-order chi connectivity index (χ1) is 13.6. The van der Waals surface area contributed by atoms with Crippen LogP contribution in [0, 0.1) is 23.7 Å². The van der Waals surface area contributed by atoms with Gasteiger partial charge < -0.3 is 10.2 Å². The van der Waals surface area contributed by atoms with Gasteiger partial charge in [-0.2, -0.15) is 0 Å². The molecule has 4 aliphatic rings. The molecule has 0 amide bonds. The van der Waals surface area contributed by atoms with E-state index in [0.717, 1.165) is 35.8 Å². The van der Waals surface area contributed by atoms with Gasteiger partial charge >= 0.3 is 0 Å². The molecule has 4 bridgehead atoms. The van der Waals surface area contributed by atoms with E-state index in [2.05, 4.69) is 38.1 Å². The molecule has 0 aliphatic heterocycles. The van der Waals surface area contributed by atoms with E-state index in [-0.39, 0.29) is 5.41 Å². The highest BCUT2D eigenvalue weighted by atomic mass is 16.3. The number of phenolic OH excluding ortho intramolecular Hbond substituents is 2. The van der Waals surface area contributed by atoms with Crippen LogP contribution in [0.2, 0.25) is 0 Å². The second-order valence-electron chi connectivity index (χ2n) is 9.57. The van der Waals surface area contributed by atoms with Crippen molar-refractivity contribution in [1.29, 1.82) is 0 Å². The lowest BCUT2D eigenvalue weighted by molar-refractivity contribution is -0.0419. The largest absolute Gasteiger partial charge is 0.508 e. The number of hydrogen-bond acceptors (Lipinski definition) is 2. The van der Waals surface area contributed by atoms with Crippen molar-refractivity contribution in [1.82, 2.24) is 0 Å². The summed E-state index contributed by atoms with van der Waals surface area (Å²) in [7, 11) is 0. The molecule has 0 radical (unpaired) electrons. The van der Waals surface area contributed by atoms with Gasteiger partial charge in [0, 0.05) is 5.41 Å². The topological polar surface area (TPSA) is 40.5 Å². The van der Waals surface area contributed by atoms with Crippen LogP contribution in [0.4, 0.5) is 0 Å². The van der Waals surface area contributed by atoms with E-state index in [1.165, 1.54) is 43.2 Å². The predicted molar refractivity (Wildman–Crippen MR) is 113 cm³/mol. The minimum Gasteiger partial charge on any atom is -0.508 e. The first-order valence-corrected chi connectivity index (χ1v) is 11.2. The molecule has 2 aromatic carbocycles. The third-order valence-corrected chi connectivity index (χ3v) is 8.30. The quantitative estimate of drug-likeness (QED) is 0.691. The van der Waals surface area contributed by atoms with E-state index < -0.39 is 0 Å². The summed E-state index contributed by atoms with van der Waals surface area (Å²) in [6, 6.07) is 12.8. The molecular formula is C26H32O2. The minimum atomic E-state index is 0.0304. The summed E-state index contributed by atoms with van der Waals surface area (Å²) in [5.41, 5.74) is 4.93. The minimum absolute atomic E-state index is 0.0304. The Hall–Kier alpha value is -1.96. The summed E-state index contributed by atoms with van der Waals surface area (Å²) >= 11 is 0. The van der Waals surface area contributed by atoms with Gasteiger partial charge in [0.25, 0.3) is 0 Å². The summed E-state index contributed by atoms with van der Waals surface area (Å²) in [6.07, 6.45) is 8.47. The second kappa shape index (κ2) is 6.54. The molecule has 4 aliphatic carbocycles. The summed E-state index contributed by atoms with van der Waals surface area (Å²) in [4.78, 5) is 0. The molecule has 0 heterocycles. The molecule has 2 nitrogen and oxygen atoms in total. The van der Waals surface area contributed by atoms with Gasteiger partial charge in [-0.1, -0.05) is 38.1 Å². The third-order valence-electron chi connectivity index (χ3n) is 8.30. The van der Waals surface area contributed by atoms with Gasteiger partial charge in [0.05, 0.1) is 0 Å². The Balaban J connectivity index is 1.74. The molecule has 2 aromatic rings. The fourth-order valence-electron chi connectivity index (χ4n) is 7.29. The van der Waals surface area contributed by atoms with Crippen LogP contribution in [0.3, 0.4) is 0 Å². The maximum atomic E-state index is 10.3. The molecule has 148 valence electrons. The van der Waals surface area contributed by atoms with E-state index in [1.807, 2.05) is 12.1 Å². The lowest BCUT2D eigenvalue weighted by Gasteiger charge is -2.62. The molecule has 2 N–H and O–H groups in total. The number of hydrogen-bond donors (Lipinski definition) is 2. The van der Waals surface area contributed by atoms with Crippen molar-refractivity contribution < 1.29 is 10.2 Å². The zero-order chi connectivity index (χ0) is 19.5. The van der Waals surface area contributed by atoms with Crippen LogP contribution in [-0.2, 0) is 18.3 Å². The molecule has 0 spiro atoms. The number of phenols is 2. The van der Waals surface area contributed by atoms with E-state index in [1.54, 1.807) is 0 Å². The molecule has 0 saturated heterocycles. The first-order valence-electron chi connectivity index (χ1n) is 11.2. The SMILES string of the molecule is CCc1cc(C2(c3ccc(O)c(CC)c3)C3CC4CC(C3)CC2C4)ccc1O. The summed E-state index contributed by atoms with van der Waals surface area (Å²) in [6.45, 7) is 4.25. The summed E-state index contributed by atoms with van der Waals surface area (Å²) in [5.74, 6) is 4.00. The summed E-state index contributed by atoms with van der Waals surface area (Å²) < 4.78 is 0. The maximum absolute atomic E-state index is 10.3. The fraction of sp³-hybridized carbons (Fsp3) is 0.538. The molecule has 0 unspecified atom stereocenters. The fourth-order valence-corrected chi connectivity index (χ4v) is 7.29. The number of rotatable bonds is 4. The van der Waals surface area contributed by atoms with Crippen molar-refractivity contribution >= 4 is 0 Å². The van der Waals surface area contributed by atoms with Gasteiger partial charge in [0.2, 0.25) is 0 Å². The van der Waals surface area contributed by atoms with Gasteiger partial charge in [-0.15, -0.1) is 0 Å². The Labute approximate surface area is 168 Å². The van der Waals surface area contributed by atoms with Crippen molar-refractivity contribution in [3.63, 3.8) is 0 Å². The smallest absolute Gasteiger partial charge is 0.118 e. The number of aromatic hydroxyl groups is 2. The van der Waals surface area contributed by atoms with Crippen LogP contribution in [0.15, 0.2) is 36.4 Å². The van der Waals surface area contributed by atoms with Crippen molar-refractivity contribution in [2.75, 3.05) is 0 Å². The average Bonchev–Trinajstić information content (AvgIpc) is 2.69. The highest BCUT2D eigenvalue weighted by Gasteiger charge is 2.58.